The van der Waals surface area contributed by atoms with Crippen LogP contribution in [0.3, 0.4) is 0 Å². The van der Waals surface area contributed by atoms with Crippen molar-refractivity contribution in [2.75, 3.05) is 0 Å². The van der Waals surface area contributed by atoms with Crippen LogP contribution in [-0.4, -0.2) is 28.3 Å². The largest absolute Gasteiger partial charge is 0.265 e. The predicted molar refractivity (Wildman–Crippen MR) is 94.2 cm³/mol. The van der Waals surface area contributed by atoms with Crippen LogP contribution in [0.1, 0.15) is 27.7 Å². The predicted octanol–water partition coefficient (Wildman–Crippen LogP) is 4.76. The van der Waals surface area contributed by atoms with Crippen molar-refractivity contribution in [1.29, 1.82) is 0 Å². The Morgan fingerprint density at radius 3 is 1.40 bits per heavy atom. The molecule has 0 saturated heterocycles. The first-order valence-corrected chi connectivity index (χ1v) is 17.4. The van der Waals surface area contributed by atoms with Crippen molar-refractivity contribution in [3.8, 4) is 0 Å². The van der Waals surface area contributed by atoms with Gasteiger partial charge < -0.3 is 0 Å². The van der Waals surface area contributed by atoms with Gasteiger partial charge in [0, 0.05) is 12.4 Å². The third-order valence-electron chi connectivity index (χ3n) is 2.00. The quantitative estimate of drug-likeness (QED) is 0.666. The van der Waals surface area contributed by atoms with Crippen LogP contribution in [0, 0.1) is 0 Å². The van der Waals surface area contributed by atoms with Crippen LogP contribution in [-0.2, 0) is 0 Å². The molecule has 20 heavy (non-hydrogen) atoms. The van der Waals surface area contributed by atoms with E-state index >= 15 is 0 Å². The van der Waals surface area contributed by atoms with E-state index in [1.165, 1.54) is 3.71 Å². The summed E-state index contributed by atoms with van der Waals surface area (Å²) in [7, 11) is 0. The van der Waals surface area contributed by atoms with Gasteiger partial charge in [0.1, 0.15) is 0 Å². The maximum atomic E-state index is 4.34. The molecule has 0 unspecified atom stereocenters. The molecule has 2 rings (SSSR count). The van der Waals surface area contributed by atoms with Crippen molar-refractivity contribution in [2.45, 2.75) is 42.5 Å². The molecule has 0 amide bonds. The first kappa shape index (κ1) is 21.4. The Hall–Kier alpha value is -0.901. The van der Waals surface area contributed by atoms with Crippen molar-refractivity contribution in [1.82, 2.24) is 9.97 Å². The van der Waals surface area contributed by atoms with E-state index in [9.17, 15) is 0 Å². The normalized spacial score (nSPS) is 8.75. The minimum absolute atomic E-state index is 1.36. The molecular formula is C17H30N2Sn. The van der Waals surface area contributed by atoms with E-state index in [0.717, 1.165) is 0 Å². The molecule has 0 aliphatic rings. The molecule has 0 spiro atoms. The summed E-state index contributed by atoms with van der Waals surface area (Å²) < 4.78 is 1.36. The smallest absolute Gasteiger partial charge is 0.0267 e. The van der Waals surface area contributed by atoms with Gasteiger partial charge in [-0.2, -0.15) is 0 Å². The number of rotatable bonds is 1. The van der Waals surface area contributed by atoms with Gasteiger partial charge in [0.2, 0.25) is 0 Å². The first-order valence-electron chi connectivity index (χ1n) is 7.37. The van der Waals surface area contributed by atoms with E-state index in [1.807, 2.05) is 58.2 Å². The average molecular weight is 381 g/mol. The van der Waals surface area contributed by atoms with Crippen LogP contribution < -0.4 is 3.71 Å². The molecule has 0 bridgehead atoms. The summed E-state index contributed by atoms with van der Waals surface area (Å²) in [6.45, 7) is 8.00. The molecule has 2 aromatic heterocycles. The molecule has 0 aliphatic heterocycles. The number of aromatic nitrogens is 2. The molecule has 2 heterocycles. The maximum absolute atomic E-state index is 4.34. The minimum atomic E-state index is -1.82. The number of hydrogen-bond acceptors (Lipinski definition) is 2. The van der Waals surface area contributed by atoms with Gasteiger partial charge in [0.15, 0.2) is 0 Å². The van der Waals surface area contributed by atoms with E-state index in [4.69, 9.17) is 0 Å². The Morgan fingerprint density at radius 1 is 0.700 bits per heavy atom. The molecule has 2 aromatic rings. The van der Waals surface area contributed by atoms with Crippen molar-refractivity contribution >= 4 is 22.1 Å². The Labute approximate surface area is 129 Å². The zero-order valence-corrected chi connectivity index (χ0v) is 16.9. The second-order valence-corrected chi connectivity index (χ2v) is 18.8. The molecular weight excluding hydrogens is 351 g/mol. The van der Waals surface area contributed by atoms with Gasteiger partial charge in [-0.05, 0) is 12.1 Å². The molecule has 0 atom stereocenters. The summed E-state index contributed by atoms with van der Waals surface area (Å²) in [5.41, 5.74) is 0. The fourth-order valence-corrected chi connectivity index (χ4v) is 4.14. The van der Waals surface area contributed by atoms with E-state index in [2.05, 4.69) is 36.9 Å². The molecule has 0 N–H and O–H groups in total. The molecule has 0 aromatic carbocycles. The van der Waals surface area contributed by atoms with Gasteiger partial charge in [-0.25, -0.2) is 0 Å². The van der Waals surface area contributed by atoms with Gasteiger partial charge in [-0.3, -0.25) is 4.98 Å². The van der Waals surface area contributed by atoms with Crippen LogP contribution in [0.15, 0.2) is 55.0 Å². The third-order valence-corrected chi connectivity index (χ3v) is 7.23. The van der Waals surface area contributed by atoms with Gasteiger partial charge in [-0.15, -0.1) is 0 Å². The van der Waals surface area contributed by atoms with Gasteiger partial charge in [-0.1, -0.05) is 33.8 Å². The maximum Gasteiger partial charge on any atom is 0.0267 e. The van der Waals surface area contributed by atoms with Crippen LogP contribution in [0.4, 0.5) is 0 Å². The van der Waals surface area contributed by atoms with E-state index < -0.39 is 18.4 Å². The number of nitrogens with zero attached hydrogens (tertiary/aromatic N) is 2. The fourth-order valence-electron chi connectivity index (χ4n) is 1.12. The van der Waals surface area contributed by atoms with E-state index in [0.29, 0.717) is 0 Å². The van der Waals surface area contributed by atoms with Crippen molar-refractivity contribution in [3.05, 3.63) is 55.0 Å². The SMILES string of the molecule is CC.CC.[CH3][Sn]([CH3])([CH3])[c]1ccccn1.c1ccncc1. The van der Waals surface area contributed by atoms with Gasteiger partial charge in [0.25, 0.3) is 0 Å². The summed E-state index contributed by atoms with van der Waals surface area (Å²) in [4.78, 5) is 15.2. The first-order chi connectivity index (χ1) is 9.61. The van der Waals surface area contributed by atoms with Crippen molar-refractivity contribution < 1.29 is 0 Å². The topological polar surface area (TPSA) is 25.8 Å². The van der Waals surface area contributed by atoms with Crippen LogP contribution in [0.25, 0.3) is 0 Å². The van der Waals surface area contributed by atoms with Crippen LogP contribution >= 0.6 is 0 Å². The number of hydrogen-bond donors (Lipinski definition) is 0. The Bertz CT molecular complexity index is 356. The Morgan fingerprint density at radius 2 is 1.20 bits per heavy atom. The standard InChI is InChI=1S/C5H5N.C5H4N.2C2H6.3CH3.Sn/c2*1-2-4-6-5-3-1;2*1-2;;;;/h1-5H;1-4H;2*1-2H3;3*1H3;. The monoisotopic (exact) mass is 382 g/mol. The van der Waals surface area contributed by atoms with Crippen LogP contribution in [0.2, 0.25) is 14.8 Å². The van der Waals surface area contributed by atoms with Crippen molar-refractivity contribution in [2.24, 2.45) is 0 Å². The molecule has 0 fully saturated rings. The summed E-state index contributed by atoms with van der Waals surface area (Å²) in [5, 5.41) is 0. The molecule has 3 heteroatoms. The summed E-state index contributed by atoms with van der Waals surface area (Å²) >= 11 is -1.82. The Balaban J connectivity index is 0. The second-order valence-electron chi connectivity index (χ2n) is 4.49. The van der Waals surface area contributed by atoms with Crippen LogP contribution in [0.5, 0.6) is 0 Å². The zero-order valence-electron chi connectivity index (χ0n) is 14.1. The van der Waals surface area contributed by atoms with E-state index in [1.54, 1.807) is 12.4 Å². The number of pyridine rings is 2. The average Bonchev–Trinajstić information content (AvgIpc) is 2.54. The second kappa shape index (κ2) is 14.5. The Kier molecular flexibility index (Phi) is 15.5. The molecule has 0 saturated carbocycles. The summed E-state index contributed by atoms with van der Waals surface area (Å²) in [6.07, 6.45) is 5.39. The minimum Gasteiger partial charge on any atom is -0.265 e. The van der Waals surface area contributed by atoms with Crippen molar-refractivity contribution in [3.63, 3.8) is 0 Å². The third kappa shape index (κ3) is 12.1. The summed E-state index contributed by atoms with van der Waals surface area (Å²) in [6, 6.07) is 11.9. The molecule has 112 valence electrons. The molecule has 0 radical (unpaired) electrons. The van der Waals surface area contributed by atoms with Gasteiger partial charge in [0.05, 0.1) is 0 Å². The summed E-state index contributed by atoms with van der Waals surface area (Å²) in [5.74, 6) is 0. The molecule has 2 nitrogen and oxygen atoms in total. The fraction of sp³-hybridized carbons (Fsp3) is 0.412. The molecule has 0 aliphatic carbocycles. The van der Waals surface area contributed by atoms with Gasteiger partial charge >= 0.3 is 66.3 Å². The zero-order chi connectivity index (χ0) is 15.9. The van der Waals surface area contributed by atoms with E-state index in [-0.39, 0.29) is 0 Å².